The molecule has 5 nitrogen and oxygen atoms in total. The van der Waals surface area contributed by atoms with E-state index in [0.29, 0.717) is 5.92 Å². The molecule has 0 radical (unpaired) electrons. The number of ether oxygens (including phenoxy) is 1. The van der Waals surface area contributed by atoms with Crippen molar-refractivity contribution in [2.75, 3.05) is 6.61 Å². The number of nitrogens with one attached hydrogen (secondary N) is 1. The first kappa shape index (κ1) is 21.6. The number of fused-ring (bicyclic) bond motifs is 3. The summed E-state index contributed by atoms with van der Waals surface area (Å²) in [5, 5.41) is 12.1. The van der Waals surface area contributed by atoms with Crippen molar-refractivity contribution >= 4 is 12.1 Å². The standard InChI is InChI=1S/C27H27NO4/c1-17(2)19-13-11-18(12-14-19)15-25(26(29)30)28-27(31)32-16-24-22-9-5-3-7-20(22)21-8-4-6-10-23(21)24/h3-14,17,24-25H,15-16H2,1-2H3,(H,28,31)(H,29,30)/t25-/m0/s1. The highest BCUT2D eigenvalue weighted by atomic mass is 16.5. The van der Waals surface area contributed by atoms with Crippen LogP contribution in [-0.4, -0.2) is 29.8 Å². The van der Waals surface area contributed by atoms with Crippen molar-refractivity contribution in [3.05, 3.63) is 95.1 Å². The van der Waals surface area contributed by atoms with E-state index in [0.717, 1.165) is 27.8 Å². The van der Waals surface area contributed by atoms with E-state index in [1.165, 1.54) is 5.56 Å². The van der Waals surface area contributed by atoms with Crippen molar-refractivity contribution in [1.29, 1.82) is 0 Å². The van der Waals surface area contributed by atoms with Crippen LogP contribution in [0.15, 0.2) is 72.8 Å². The van der Waals surface area contributed by atoms with Gasteiger partial charge in [-0.05, 0) is 39.3 Å². The van der Waals surface area contributed by atoms with Crippen LogP contribution in [0.1, 0.15) is 47.9 Å². The van der Waals surface area contributed by atoms with Gasteiger partial charge < -0.3 is 15.2 Å². The van der Waals surface area contributed by atoms with Gasteiger partial charge in [0.1, 0.15) is 12.6 Å². The molecule has 2 N–H and O–H groups in total. The Bertz CT molecular complexity index is 1080. The van der Waals surface area contributed by atoms with Gasteiger partial charge in [-0.3, -0.25) is 0 Å². The van der Waals surface area contributed by atoms with Crippen molar-refractivity contribution in [2.45, 2.75) is 38.1 Å². The van der Waals surface area contributed by atoms with E-state index in [1.807, 2.05) is 60.7 Å². The molecule has 3 aromatic rings. The summed E-state index contributed by atoms with van der Waals surface area (Å²) in [5.41, 5.74) is 6.55. The number of hydrogen-bond acceptors (Lipinski definition) is 3. The van der Waals surface area contributed by atoms with Gasteiger partial charge in [0.2, 0.25) is 0 Å². The van der Waals surface area contributed by atoms with Crippen LogP contribution in [0, 0.1) is 0 Å². The lowest BCUT2D eigenvalue weighted by Gasteiger charge is -2.18. The molecule has 0 spiro atoms. The lowest BCUT2D eigenvalue weighted by atomic mass is 9.98. The van der Waals surface area contributed by atoms with Crippen LogP contribution >= 0.6 is 0 Å². The Hall–Kier alpha value is -3.60. The van der Waals surface area contributed by atoms with Crippen molar-refractivity contribution in [3.63, 3.8) is 0 Å². The number of rotatable bonds is 7. The Morgan fingerprint density at radius 3 is 2.00 bits per heavy atom. The number of carbonyl (C=O) groups excluding carboxylic acids is 1. The second kappa shape index (κ2) is 9.27. The molecule has 5 heteroatoms. The molecule has 0 unspecified atom stereocenters. The van der Waals surface area contributed by atoms with Gasteiger partial charge >= 0.3 is 12.1 Å². The van der Waals surface area contributed by atoms with Gasteiger partial charge in [0.05, 0.1) is 0 Å². The first-order chi connectivity index (χ1) is 15.4. The monoisotopic (exact) mass is 429 g/mol. The van der Waals surface area contributed by atoms with Crippen LogP contribution in [0.25, 0.3) is 11.1 Å². The molecule has 1 aliphatic rings. The third-order valence-electron chi connectivity index (χ3n) is 6.02. The van der Waals surface area contributed by atoms with E-state index >= 15 is 0 Å². The molecule has 0 heterocycles. The van der Waals surface area contributed by atoms with Crippen molar-refractivity contribution in [2.24, 2.45) is 0 Å². The topological polar surface area (TPSA) is 75.6 Å². The molecule has 164 valence electrons. The molecular weight excluding hydrogens is 402 g/mol. The van der Waals surface area contributed by atoms with E-state index in [-0.39, 0.29) is 18.9 Å². The maximum Gasteiger partial charge on any atom is 0.407 e. The smallest absolute Gasteiger partial charge is 0.407 e. The van der Waals surface area contributed by atoms with Gasteiger partial charge in [-0.15, -0.1) is 0 Å². The Labute approximate surface area is 188 Å². The summed E-state index contributed by atoms with van der Waals surface area (Å²) in [6.07, 6.45) is -0.532. The molecule has 0 fully saturated rings. The number of carboxylic acid groups (broad SMARTS) is 1. The lowest BCUT2D eigenvalue weighted by Crippen LogP contribution is -2.42. The second-order valence-electron chi connectivity index (χ2n) is 8.46. The minimum Gasteiger partial charge on any atom is -0.480 e. The molecule has 0 saturated heterocycles. The molecule has 3 aromatic carbocycles. The summed E-state index contributed by atoms with van der Waals surface area (Å²) in [6.45, 7) is 4.36. The van der Waals surface area contributed by atoms with Crippen LogP contribution in [-0.2, 0) is 16.0 Å². The molecule has 0 bridgehead atoms. The van der Waals surface area contributed by atoms with Gasteiger partial charge in [-0.25, -0.2) is 9.59 Å². The molecule has 1 amide bonds. The summed E-state index contributed by atoms with van der Waals surface area (Å²) in [5.74, 6) is -0.760. The third-order valence-corrected chi connectivity index (χ3v) is 6.02. The van der Waals surface area contributed by atoms with Gasteiger partial charge in [-0.2, -0.15) is 0 Å². The fourth-order valence-electron chi connectivity index (χ4n) is 4.26. The number of aliphatic carboxylic acids is 1. The minimum atomic E-state index is -1.09. The zero-order chi connectivity index (χ0) is 22.7. The highest BCUT2D eigenvalue weighted by molar-refractivity contribution is 5.81. The number of hydrogen-bond donors (Lipinski definition) is 2. The van der Waals surface area contributed by atoms with Crippen LogP contribution in [0.2, 0.25) is 0 Å². The first-order valence-electron chi connectivity index (χ1n) is 10.9. The fourth-order valence-corrected chi connectivity index (χ4v) is 4.26. The summed E-state index contributed by atoms with van der Waals surface area (Å²) < 4.78 is 5.50. The fraction of sp³-hybridized carbons (Fsp3) is 0.259. The van der Waals surface area contributed by atoms with E-state index in [4.69, 9.17) is 4.74 Å². The van der Waals surface area contributed by atoms with Crippen LogP contribution in [0.3, 0.4) is 0 Å². The Morgan fingerprint density at radius 1 is 0.906 bits per heavy atom. The molecule has 0 aliphatic heterocycles. The number of carboxylic acids is 1. The number of carbonyl (C=O) groups is 2. The van der Waals surface area contributed by atoms with E-state index < -0.39 is 18.1 Å². The second-order valence-corrected chi connectivity index (χ2v) is 8.46. The Morgan fingerprint density at radius 2 is 1.47 bits per heavy atom. The Balaban J connectivity index is 1.41. The molecule has 32 heavy (non-hydrogen) atoms. The predicted octanol–water partition coefficient (Wildman–Crippen LogP) is 5.34. The predicted molar refractivity (Wildman–Crippen MR) is 124 cm³/mol. The quantitative estimate of drug-likeness (QED) is 0.531. The minimum absolute atomic E-state index is 0.0694. The molecular formula is C27H27NO4. The van der Waals surface area contributed by atoms with Crippen LogP contribution < -0.4 is 5.32 Å². The normalized spacial score (nSPS) is 13.3. The van der Waals surface area contributed by atoms with Crippen molar-refractivity contribution in [1.82, 2.24) is 5.32 Å². The van der Waals surface area contributed by atoms with Crippen molar-refractivity contribution in [3.8, 4) is 11.1 Å². The van der Waals surface area contributed by atoms with Gasteiger partial charge in [0.25, 0.3) is 0 Å². The molecule has 1 aliphatic carbocycles. The number of amides is 1. The average Bonchev–Trinajstić information content (AvgIpc) is 3.11. The number of alkyl carbamates (subject to hydrolysis) is 1. The van der Waals surface area contributed by atoms with Crippen molar-refractivity contribution < 1.29 is 19.4 Å². The Kier molecular flexibility index (Phi) is 6.26. The summed E-state index contributed by atoms with van der Waals surface area (Å²) >= 11 is 0. The number of benzene rings is 3. The van der Waals surface area contributed by atoms with E-state index in [2.05, 4.69) is 31.3 Å². The van der Waals surface area contributed by atoms with E-state index in [9.17, 15) is 14.7 Å². The molecule has 1 atom stereocenters. The lowest BCUT2D eigenvalue weighted by molar-refractivity contribution is -0.139. The summed E-state index contributed by atoms with van der Waals surface area (Å²) in [7, 11) is 0. The molecule has 4 rings (SSSR count). The zero-order valence-electron chi connectivity index (χ0n) is 18.2. The van der Waals surface area contributed by atoms with Gasteiger partial charge in [0.15, 0.2) is 0 Å². The average molecular weight is 430 g/mol. The van der Waals surface area contributed by atoms with Gasteiger partial charge in [-0.1, -0.05) is 86.6 Å². The third kappa shape index (κ3) is 4.52. The van der Waals surface area contributed by atoms with Crippen LogP contribution in [0.5, 0.6) is 0 Å². The molecule has 0 aromatic heterocycles. The van der Waals surface area contributed by atoms with Crippen LogP contribution in [0.4, 0.5) is 4.79 Å². The highest BCUT2D eigenvalue weighted by Crippen LogP contribution is 2.44. The highest BCUT2D eigenvalue weighted by Gasteiger charge is 2.29. The maximum atomic E-state index is 12.5. The summed E-state index contributed by atoms with van der Waals surface area (Å²) in [4.78, 5) is 24.2. The maximum absolute atomic E-state index is 12.5. The first-order valence-corrected chi connectivity index (χ1v) is 10.9. The zero-order valence-corrected chi connectivity index (χ0v) is 18.2. The molecule has 0 saturated carbocycles. The summed E-state index contributed by atoms with van der Waals surface area (Å²) in [6, 6.07) is 22.9. The van der Waals surface area contributed by atoms with Gasteiger partial charge in [0, 0.05) is 12.3 Å². The SMILES string of the molecule is CC(C)c1ccc(C[C@H](NC(=O)OCC2c3ccccc3-c3ccccc32)C(=O)O)cc1. The van der Waals surface area contributed by atoms with E-state index in [1.54, 1.807) is 0 Å². The largest absolute Gasteiger partial charge is 0.480 e.